The van der Waals surface area contributed by atoms with Gasteiger partial charge in [-0.2, -0.15) is 0 Å². The van der Waals surface area contributed by atoms with Gasteiger partial charge < -0.3 is 5.32 Å². The number of hydrogen-bond donors (Lipinski definition) is 1. The van der Waals surface area contributed by atoms with Gasteiger partial charge >= 0.3 is 0 Å². The van der Waals surface area contributed by atoms with Gasteiger partial charge in [-0.1, -0.05) is 84.9 Å². The van der Waals surface area contributed by atoms with E-state index in [0.717, 1.165) is 16.7 Å². The van der Waals surface area contributed by atoms with Crippen LogP contribution in [0.5, 0.6) is 0 Å². The summed E-state index contributed by atoms with van der Waals surface area (Å²) in [6.45, 7) is 0. The number of carbonyl (C=O) groups is 1. The molecular formula is C24H24ClNO3S. The second kappa shape index (κ2) is 10.4. The maximum Gasteiger partial charge on any atom is 0.225 e. The molecule has 4 nitrogen and oxygen atoms in total. The van der Waals surface area contributed by atoms with Gasteiger partial charge in [0.25, 0.3) is 0 Å². The molecule has 1 amide bonds. The highest BCUT2D eigenvalue weighted by Crippen LogP contribution is 2.22. The lowest BCUT2D eigenvalue weighted by atomic mass is 9.96. The quantitative estimate of drug-likeness (QED) is 0.394. The highest BCUT2D eigenvalue weighted by Gasteiger charge is 2.26. The van der Waals surface area contributed by atoms with E-state index < -0.39 is 15.8 Å². The van der Waals surface area contributed by atoms with Gasteiger partial charge in [0.1, 0.15) is 0 Å². The van der Waals surface area contributed by atoms with Crippen molar-refractivity contribution >= 4 is 27.3 Å². The van der Waals surface area contributed by atoms with E-state index >= 15 is 0 Å². The predicted octanol–water partition coefficient (Wildman–Crippen LogP) is 4.44. The first-order chi connectivity index (χ1) is 14.5. The largest absolute Gasteiger partial charge is 0.342 e. The van der Waals surface area contributed by atoms with Gasteiger partial charge in [-0.15, -0.1) is 11.6 Å². The SMILES string of the molecule is O=C(NCCl)C(Cc1cccc(-c2ccccc2)c1)CS(=O)(=O)Cc1ccccc1. The Bertz CT molecular complexity index is 1070. The molecule has 0 aliphatic rings. The average Bonchev–Trinajstić information content (AvgIpc) is 2.74. The second-order valence-corrected chi connectivity index (χ2v) is 9.56. The molecule has 1 atom stereocenters. The van der Waals surface area contributed by atoms with E-state index in [0.29, 0.717) is 12.0 Å². The molecule has 0 saturated heterocycles. The summed E-state index contributed by atoms with van der Waals surface area (Å²) in [5.41, 5.74) is 3.70. The maximum absolute atomic E-state index is 12.8. The minimum absolute atomic E-state index is 0.0574. The van der Waals surface area contributed by atoms with E-state index in [-0.39, 0.29) is 23.4 Å². The van der Waals surface area contributed by atoms with Gasteiger partial charge in [0.15, 0.2) is 9.84 Å². The molecule has 156 valence electrons. The first-order valence-corrected chi connectivity index (χ1v) is 12.0. The van der Waals surface area contributed by atoms with Crippen molar-refractivity contribution in [2.45, 2.75) is 12.2 Å². The van der Waals surface area contributed by atoms with Crippen LogP contribution < -0.4 is 5.32 Å². The lowest BCUT2D eigenvalue weighted by Gasteiger charge is -2.17. The monoisotopic (exact) mass is 441 g/mol. The van der Waals surface area contributed by atoms with Gasteiger partial charge in [-0.05, 0) is 28.7 Å². The Morgan fingerprint density at radius 1 is 0.833 bits per heavy atom. The zero-order valence-corrected chi connectivity index (χ0v) is 18.1. The minimum Gasteiger partial charge on any atom is -0.342 e. The van der Waals surface area contributed by atoms with Gasteiger partial charge in [-0.25, -0.2) is 8.42 Å². The van der Waals surface area contributed by atoms with E-state index in [9.17, 15) is 13.2 Å². The van der Waals surface area contributed by atoms with Crippen LogP contribution in [-0.2, 0) is 26.8 Å². The van der Waals surface area contributed by atoms with Crippen molar-refractivity contribution in [1.29, 1.82) is 0 Å². The Labute approximate surface area is 182 Å². The van der Waals surface area contributed by atoms with E-state index in [4.69, 9.17) is 11.6 Å². The van der Waals surface area contributed by atoms with E-state index in [1.165, 1.54) is 0 Å². The van der Waals surface area contributed by atoms with Crippen molar-refractivity contribution in [2.24, 2.45) is 5.92 Å². The lowest BCUT2D eigenvalue weighted by molar-refractivity contribution is -0.124. The molecule has 30 heavy (non-hydrogen) atoms. The molecule has 1 unspecified atom stereocenters. The van der Waals surface area contributed by atoms with E-state index in [1.54, 1.807) is 24.3 Å². The topological polar surface area (TPSA) is 63.2 Å². The molecule has 6 heteroatoms. The predicted molar refractivity (Wildman–Crippen MR) is 122 cm³/mol. The molecule has 3 rings (SSSR count). The van der Waals surface area contributed by atoms with Crippen LogP contribution in [0.3, 0.4) is 0 Å². The Morgan fingerprint density at radius 3 is 2.10 bits per heavy atom. The number of hydrogen-bond acceptors (Lipinski definition) is 3. The number of halogens is 1. The van der Waals surface area contributed by atoms with Gasteiger partial charge in [-0.3, -0.25) is 4.79 Å². The van der Waals surface area contributed by atoms with Crippen LogP contribution in [0, 0.1) is 5.92 Å². The van der Waals surface area contributed by atoms with Crippen LogP contribution in [0.1, 0.15) is 11.1 Å². The molecule has 0 fully saturated rings. The first kappa shape index (κ1) is 22.1. The first-order valence-electron chi connectivity index (χ1n) is 9.69. The van der Waals surface area contributed by atoms with Crippen molar-refractivity contribution in [1.82, 2.24) is 5.32 Å². The third-order valence-corrected chi connectivity index (χ3v) is 6.63. The molecule has 1 N–H and O–H groups in total. The molecule has 0 radical (unpaired) electrons. The molecule has 0 spiro atoms. The van der Waals surface area contributed by atoms with Crippen LogP contribution in [0.15, 0.2) is 84.9 Å². The lowest BCUT2D eigenvalue weighted by Crippen LogP contribution is -2.35. The number of nitrogens with one attached hydrogen (secondary N) is 1. The summed E-state index contributed by atoms with van der Waals surface area (Å²) in [5.74, 6) is -1.40. The highest BCUT2D eigenvalue weighted by molar-refractivity contribution is 7.90. The Kier molecular flexibility index (Phi) is 7.66. The van der Waals surface area contributed by atoms with Crippen molar-refractivity contribution in [3.63, 3.8) is 0 Å². The second-order valence-electron chi connectivity index (χ2n) is 7.18. The molecule has 3 aromatic rings. The normalized spacial score (nSPS) is 12.3. The fourth-order valence-corrected chi connectivity index (χ4v) is 5.26. The molecule has 0 bridgehead atoms. The third kappa shape index (κ3) is 6.44. The maximum atomic E-state index is 12.8. The van der Waals surface area contributed by atoms with E-state index in [1.807, 2.05) is 60.7 Å². The molecule has 0 aliphatic carbocycles. The summed E-state index contributed by atoms with van der Waals surface area (Å²) < 4.78 is 25.6. The fourth-order valence-electron chi connectivity index (χ4n) is 3.42. The summed E-state index contributed by atoms with van der Waals surface area (Å²) in [5, 5.41) is 2.56. The van der Waals surface area contributed by atoms with Crippen LogP contribution >= 0.6 is 11.6 Å². The summed E-state index contributed by atoms with van der Waals surface area (Å²) in [7, 11) is -3.48. The number of rotatable bonds is 9. The van der Waals surface area contributed by atoms with Crippen LogP contribution in [0.2, 0.25) is 0 Å². The Hall–Kier alpha value is -2.63. The summed E-state index contributed by atoms with van der Waals surface area (Å²) in [6.07, 6.45) is 0.317. The Morgan fingerprint density at radius 2 is 1.43 bits per heavy atom. The molecule has 0 aliphatic heterocycles. The molecular weight excluding hydrogens is 418 g/mol. The van der Waals surface area contributed by atoms with Crippen LogP contribution in [0.4, 0.5) is 0 Å². The highest BCUT2D eigenvalue weighted by atomic mass is 35.5. The van der Waals surface area contributed by atoms with Crippen molar-refractivity contribution in [3.05, 3.63) is 96.1 Å². The Balaban J connectivity index is 1.80. The zero-order chi connectivity index (χ0) is 21.4. The van der Waals surface area contributed by atoms with Crippen molar-refractivity contribution in [3.8, 4) is 11.1 Å². The molecule has 0 saturated carbocycles. The van der Waals surface area contributed by atoms with Gasteiger partial charge in [0, 0.05) is 0 Å². The number of amides is 1. The smallest absolute Gasteiger partial charge is 0.225 e. The van der Waals surface area contributed by atoms with Gasteiger partial charge in [0.05, 0.1) is 23.4 Å². The van der Waals surface area contributed by atoms with Crippen LogP contribution in [-0.4, -0.2) is 26.1 Å². The summed E-state index contributed by atoms with van der Waals surface area (Å²) >= 11 is 5.67. The van der Waals surface area contributed by atoms with Crippen LogP contribution in [0.25, 0.3) is 11.1 Å². The third-order valence-electron chi connectivity index (χ3n) is 4.81. The standard InChI is InChI=1S/C24H24ClNO3S/c25-18-26-24(27)23(17-30(28,29)16-19-8-3-1-4-9-19)15-20-10-7-13-22(14-20)21-11-5-2-6-12-21/h1-14,23H,15-18H2,(H,26,27). The number of benzene rings is 3. The number of carbonyl (C=O) groups excluding carboxylic acids is 1. The summed E-state index contributed by atoms with van der Waals surface area (Å²) in [6, 6.07) is 26.7. The fraction of sp³-hybridized carbons (Fsp3) is 0.208. The summed E-state index contributed by atoms with van der Waals surface area (Å²) in [4.78, 5) is 12.6. The molecule has 0 heterocycles. The molecule has 3 aromatic carbocycles. The zero-order valence-electron chi connectivity index (χ0n) is 16.5. The number of alkyl halides is 1. The van der Waals surface area contributed by atoms with Crippen molar-refractivity contribution in [2.75, 3.05) is 11.8 Å². The van der Waals surface area contributed by atoms with E-state index in [2.05, 4.69) is 5.32 Å². The average molecular weight is 442 g/mol. The van der Waals surface area contributed by atoms with Crippen molar-refractivity contribution < 1.29 is 13.2 Å². The van der Waals surface area contributed by atoms with Gasteiger partial charge in [0.2, 0.25) is 5.91 Å². The molecule has 0 aromatic heterocycles. The number of sulfone groups is 1. The minimum atomic E-state index is -3.48.